The van der Waals surface area contributed by atoms with Crippen molar-refractivity contribution >= 4 is 0 Å². The van der Waals surface area contributed by atoms with E-state index in [4.69, 9.17) is 19.3 Å². The van der Waals surface area contributed by atoms with E-state index >= 15 is 0 Å². The molecule has 2 aliphatic rings. The fraction of sp³-hybridized carbons (Fsp3) is 1.00. The highest BCUT2D eigenvalue weighted by Gasteiger charge is 2.49. The molecular weight excluding hydrogens is 304 g/mol. The molecule has 7 N–H and O–H groups in total. The van der Waals surface area contributed by atoms with E-state index in [2.05, 4.69) is 0 Å². The Morgan fingerprint density at radius 3 is 2.05 bits per heavy atom. The molecule has 0 bridgehead atoms. The zero-order valence-electron chi connectivity index (χ0n) is 11.8. The summed E-state index contributed by atoms with van der Waals surface area (Å²) in [5.41, 5.74) is 0. The van der Waals surface area contributed by atoms with Gasteiger partial charge in [-0.3, -0.25) is 0 Å². The molecule has 0 amide bonds. The van der Waals surface area contributed by atoms with Crippen molar-refractivity contribution in [3.05, 3.63) is 0 Å². The van der Waals surface area contributed by atoms with Crippen LogP contribution in [0.25, 0.3) is 0 Å². The van der Waals surface area contributed by atoms with Gasteiger partial charge in [0.05, 0.1) is 12.7 Å². The Balaban J connectivity index is 2.10. The minimum absolute atomic E-state index is 0.636. The van der Waals surface area contributed by atoms with E-state index in [1.54, 1.807) is 0 Å². The summed E-state index contributed by atoms with van der Waals surface area (Å²) in [4.78, 5) is 0. The largest absolute Gasteiger partial charge is 0.394 e. The van der Waals surface area contributed by atoms with Crippen molar-refractivity contribution in [2.45, 2.75) is 68.3 Å². The molecule has 0 aliphatic carbocycles. The summed E-state index contributed by atoms with van der Waals surface area (Å²) in [6, 6.07) is 0. The molecule has 130 valence electrons. The lowest BCUT2D eigenvalue weighted by Gasteiger charge is -2.44. The Bertz CT molecular complexity index is 352. The second kappa shape index (κ2) is 7.01. The third-order valence-corrected chi connectivity index (χ3v) is 3.94. The minimum atomic E-state index is -1.67. The maximum atomic E-state index is 9.96. The van der Waals surface area contributed by atoms with E-state index in [0.717, 1.165) is 0 Å². The highest BCUT2D eigenvalue weighted by molar-refractivity contribution is 4.92. The molecule has 0 aromatic carbocycles. The summed E-state index contributed by atoms with van der Waals surface area (Å²) in [5.74, 6) is 0. The zero-order valence-corrected chi connectivity index (χ0v) is 11.8. The molecule has 2 saturated heterocycles. The number of rotatable bonds is 3. The van der Waals surface area contributed by atoms with Gasteiger partial charge in [-0.2, -0.15) is 0 Å². The summed E-state index contributed by atoms with van der Waals surface area (Å²) in [7, 11) is 0. The first kappa shape index (κ1) is 17.9. The second-order valence-electron chi connectivity index (χ2n) is 5.51. The molecule has 10 nitrogen and oxygen atoms in total. The van der Waals surface area contributed by atoms with Gasteiger partial charge in [-0.1, -0.05) is 0 Å². The van der Waals surface area contributed by atoms with Crippen molar-refractivity contribution in [1.82, 2.24) is 0 Å². The summed E-state index contributed by atoms with van der Waals surface area (Å²) in [5, 5.41) is 67.6. The molecule has 10 atom stereocenters. The predicted molar refractivity (Wildman–Crippen MR) is 67.2 cm³/mol. The Labute approximate surface area is 126 Å². The van der Waals surface area contributed by atoms with Crippen LogP contribution >= 0.6 is 0 Å². The summed E-state index contributed by atoms with van der Waals surface area (Å²) in [6.45, 7) is 0.812. The molecule has 22 heavy (non-hydrogen) atoms. The van der Waals surface area contributed by atoms with Gasteiger partial charge in [0.2, 0.25) is 0 Å². The van der Waals surface area contributed by atoms with Crippen molar-refractivity contribution in [2.24, 2.45) is 0 Å². The molecule has 10 heteroatoms. The first-order valence-electron chi connectivity index (χ1n) is 6.93. The lowest BCUT2D eigenvalue weighted by Crippen LogP contribution is -2.63. The number of aliphatic hydroxyl groups is 7. The monoisotopic (exact) mass is 326 g/mol. The summed E-state index contributed by atoms with van der Waals surface area (Å²) >= 11 is 0. The van der Waals surface area contributed by atoms with Gasteiger partial charge in [-0.05, 0) is 6.92 Å². The standard InChI is InChI=1S/C12H22O10/c1-3-5(14)10(9(18)11(19)20-3)22-12-8(17)7(16)6(15)4(2-13)21-12/h3-19H,2H2,1H3/t3-,4+,5-,6+,7-,8+,9+,10+,11+,12+/m0/s1. The van der Waals surface area contributed by atoms with Gasteiger partial charge in [-0.25, -0.2) is 0 Å². The van der Waals surface area contributed by atoms with Crippen LogP contribution in [0.5, 0.6) is 0 Å². The fourth-order valence-electron chi connectivity index (χ4n) is 2.51. The Morgan fingerprint density at radius 1 is 0.818 bits per heavy atom. The maximum Gasteiger partial charge on any atom is 0.187 e. The van der Waals surface area contributed by atoms with E-state index < -0.39 is 68.0 Å². The van der Waals surface area contributed by atoms with Gasteiger partial charge in [0.15, 0.2) is 12.6 Å². The third-order valence-electron chi connectivity index (χ3n) is 3.94. The molecule has 0 unspecified atom stereocenters. The zero-order chi connectivity index (χ0) is 16.6. The smallest absolute Gasteiger partial charge is 0.187 e. The third kappa shape index (κ3) is 3.26. The Kier molecular flexibility index (Phi) is 5.72. The molecule has 0 aromatic heterocycles. The lowest BCUT2D eigenvalue weighted by atomic mass is 9.97. The Morgan fingerprint density at radius 2 is 1.45 bits per heavy atom. The van der Waals surface area contributed by atoms with Crippen LogP contribution < -0.4 is 0 Å². The minimum Gasteiger partial charge on any atom is -0.394 e. The van der Waals surface area contributed by atoms with E-state index in [1.807, 2.05) is 0 Å². The maximum absolute atomic E-state index is 9.96. The molecule has 0 saturated carbocycles. The number of hydrogen-bond acceptors (Lipinski definition) is 10. The quantitative estimate of drug-likeness (QED) is 0.269. The number of aliphatic hydroxyl groups excluding tert-OH is 7. The summed E-state index contributed by atoms with van der Waals surface area (Å²) < 4.78 is 15.3. The van der Waals surface area contributed by atoms with Crippen molar-refractivity contribution in [3.63, 3.8) is 0 Å². The van der Waals surface area contributed by atoms with Crippen LogP contribution in [-0.2, 0) is 14.2 Å². The van der Waals surface area contributed by atoms with Crippen molar-refractivity contribution in [1.29, 1.82) is 0 Å². The van der Waals surface area contributed by atoms with Crippen molar-refractivity contribution in [3.8, 4) is 0 Å². The molecule has 2 heterocycles. The van der Waals surface area contributed by atoms with Gasteiger partial charge in [0.1, 0.15) is 42.7 Å². The molecular formula is C12H22O10. The SMILES string of the molecule is C[C@@H]1O[C@@H](O)[C@H](O)[C@H](O[C@H]2O[C@H](CO)[C@@H](O)[C@H](O)[C@H]2O)[C@H]1O. The van der Waals surface area contributed by atoms with Crippen LogP contribution in [0.2, 0.25) is 0 Å². The van der Waals surface area contributed by atoms with Crippen LogP contribution in [0.1, 0.15) is 6.92 Å². The molecule has 2 fully saturated rings. The van der Waals surface area contributed by atoms with E-state index in [9.17, 15) is 30.6 Å². The highest BCUT2D eigenvalue weighted by atomic mass is 16.7. The summed E-state index contributed by atoms with van der Waals surface area (Å²) in [6.07, 6.45) is -14.3. The van der Waals surface area contributed by atoms with E-state index in [1.165, 1.54) is 6.92 Å². The molecule has 0 aromatic rings. The first-order chi connectivity index (χ1) is 10.3. The topological polar surface area (TPSA) is 169 Å². The second-order valence-corrected chi connectivity index (χ2v) is 5.51. The lowest BCUT2D eigenvalue weighted by molar-refractivity contribution is -0.353. The molecule has 0 spiro atoms. The Hall–Kier alpha value is -0.400. The van der Waals surface area contributed by atoms with Gasteiger partial charge in [0, 0.05) is 0 Å². The van der Waals surface area contributed by atoms with Crippen LogP contribution in [0, 0.1) is 0 Å². The highest BCUT2D eigenvalue weighted by Crippen LogP contribution is 2.28. The van der Waals surface area contributed by atoms with Crippen molar-refractivity contribution in [2.75, 3.05) is 6.61 Å². The van der Waals surface area contributed by atoms with Crippen LogP contribution in [0.4, 0.5) is 0 Å². The first-order valence-corrected chi connectivity index (χ1v) is 6.93. The normalized spacial score (nSPS) is 53.5. The molecule has 0 radical (unpaired) electrons. The van der Waals surface area contributed by atoms with Gasteiger partial charge >= 0.3 is 0 Å². The van der Waals surface area contributed by atoms with E-state index in [-0.39, 0.29) is 0 Å². The number of hydrogen-bond donors (Lipinski definition) is 7. The number of ether oxygens (including phenoxy) is 3. The van der Waals surface area contributed by atoms with Gasteiger partial charge < -0.3 is 50.0 Å². The van der Waals surface area contributed by atoms with Crippen LogP contribution in [0.15, 0.2) is 0 Å². The van der Waals surface area contributed by atoms with Crippen molar-refractivity contribution < 1.29 is 50.0 Å². The molecule has 2 aliphatic heterocycles. The van der Waals surface area contributed by atoms with Crippen LogP contribution in [0.3, 0.4) is 0 Å². The predicted octanol–water partition coefficient (Wildman–Crippen LogP) is -4.37. The molecule has 2 rings (SSSR count). The van der Waals surface area contributed by atoms with Gasteiger partial charge in [0.25, 0.3) is 0 Å². The average Bonchev–Trinajstić information content (AvgIpc) is 2.49. The van der Waals surface area contributed by atoms with E-state index in [0.29, 0.717) is 0 Å². The van der Waals surface area contributed by atoms with Gasteiger partial charge in [-0.15, -0.1) is 0 Å². The average molecular weight is 326 g/mol. The van der Waals surface area contributed by atoms with Crippen LogP contribution in [-0.4, -0.2) is 104 Å². The fourth-order valence-corrected chi connectivity index (χ4v) is 2.51.